The van der Waals surface area contributed by atoms with Crippen LogP contribution in [0, 0.1) is 0 Å². The molecule has 3 aromatic heterocycles. The van der Waals surface area contributed by atoms with Crippen LogP contribution in [0.5, 0.6) is 0 Å². The maximum atomic E-state index is 13.6. The fourth-order valence-corrected chi connectivity index (χ4v) is 4.33. The third-order valence-electron chi connectivity index (χ3n) is 4.93. The highest BCUT2D eigenvalue weighted by Crippen LogP contribution is 2.22. The fraction of sp³-hybridized carbons (Fsp3) is 0.143. The molecule has 0 saturated carbocycles. The molecule has 0 amide bonds. The summed E-state index contributed by atoms with van der Waals surface area (Å²) in [5.74, 6) is 0. The van der Waals surface area contributed by atoms with Crippen molar-refractivity contribution in [2.75, 3.05) is 6.26 Å². The Kier molecular flexibility index (Phi) is 4.83. The summed E-state index contributed by atoms with van der Waals surface area (Å²) in [5.41, 5.74) is -0.214. The first-order valence-corrected chi connectivity index (χ1v) is 11.0. The standard InChI is InChI=1S/C21H18N4O4S/c1-14(15-9-12-22-13-10-15)24-20(26)16-6-5-11-23-19(16)25(21(24)27)17-7-3-4-8-18(17)30(2,28)29/h3-14H,1-2H3. The first-order valence-electron chi connectivity index (χ1n) is 9.12. The molecule has 0 bridgehead atoms. The summed E-state index contributed by atoms with van der Waals surface area (Å²) >= 11 is 0. The molecule has 1 aromatic carbocycles. The van der Waals surface area contributed by atoms with Gasteiger partial charge in [-0.05, 0) is 48.9 Å². The van der Waals surface area contributed by atoms with Crippen molar-refractivity contribution < 1.29 is 8.42 Å². The average Bonchev–Trinajstić information content (AvgIpc) is 2.74. The van der Waals surface area contributed by atoms with Crippen LogP contribution < -0.4 is 11.2 Å². The van der Waals surface area contributed by atoms with Gasteiger partial charge in [0.15, 0.2) is 15.5 Å². The van der Waals surface area contributed by atoms with Crippen LogP contribution in [0.15, 0.2) is 81.6 Å². The normalized spacial score (nSPS) is 12.7. The van der Waals surface area contributed by atoms with Crippen LogP contribution in [0.4, 0.5) is 0 Å². The molecule has 0 fully saturated rings. The van der Waals surface area contributed by atoms with Gasteiger partial charge in [-0.15, -0.1) is 0 Å². The molecule has 1 atom stereocenters. The van der Waals surface area contributed by atoms with E-state index in [1.54, 1.807) is 55.7 Å². The lowest BCUT2D eigenvalue weighted by Crippen LogP contribution is -2.42. The average molecular weight is 422 g/mol. The SMILES string of the molecule is CC(c1ccncc1)n1c(=O)c2cccnc2n(-c2ccccc2S(C)(=O)=O)c1=O. The molecule has 9 heteroatoms. The van der Waals surface area contributed by atoms with Gasteiger partial charge in [-0.3, -0.25) is 14.3 Å². The monoisotopic (exact) mass is 422 g/mol. The van der Waals surface area contributed by atoms with Gasteiger partial charge in [0.1, 0.15) is 0 Å². The Bertz CT molecular complexity index is 1470. The minimum atomic E-state index is -3.65. The van der Waals surface area contributed by atoms with E-state index in [-0.39, 0.29) is 21.6 Å². The van der Waals surface area contributed by atoms with E-state index in [0.717, 1.165) is 16.4 Å². The Labute approximate surface area is 172 Å². The lowest BCUT2D eigenvalue weighted by atomic mass is 10.1. The number of hydrogen-bond donors (Lipinski definition) is 0. The molecule has 1 unspecified atom stereocenters. The van der Waals surface area contributed by atoms with E-state index >= 15 is 0 Å². The van der Waals surface area contributed by atoms with Crippen LogP contribution in [0.25, 0.3) is 16.7 Å². The second-order valence-electron chi connectivity index (χ2n) is 6.86. The van der Waals surface area contributed by atoms with Crippen molar-refractivity contribution in [2.45, 2.75) is 17.9 Å². The number of para-hydroxylation sites is 1. The summed E-state index contributed by atoms with van der Waals surface area (Å²) in [6.07, 6.45) is 5.69. The smallest absolute Gasteiger partial charge is 0.268 e. The van der Waals surface area contributed by atoms with Gasteiger partial charge in [-0.25, -0.2) is 22.8 Å². The highest BCUT2D eigenvalue weighted by Gasteiger charge is 2.23. The van der Waals surface area contributed by atoms with Crippen molar-refractivity contribution >= 4 is 20.9 Å². The Morgan fingerprint density at radius 3 is 2.33 bits per heavy atom. The Balaban J connectivity index is 2.16. The molecule has 3 heterocycles. The Morgan fingerprint density at radius 1 is 0.933 bits per heavy atom. The number of sulfone groups is 1. The van der Waals surface area contributed by atoms with Crippen molar-refractivity contribution in [3.8, 4) is 5.69 Å². The first kappa shape index (κ1) is 19.7. The molecule has 0 saturated heterocycles. The fourth-order valence-electron chi connectivity index (χ4n) is 3.46. The summed E-state index contributed by atoms with van der Waals surface area (Å²) in [5, 5.41) is 0.210. The maximum Gasteiger partial charge on any atom is 0.337 e. The Hall–Kier alpha value is -3.59. The molecule has 0 radical (unpaired) electrons. The van der Waals surface area contributed by atoms with E-state index in [0.29, 0.717) is 0 Å². The quantitative estimate of drug-likeness (QED) is 0.498. The van der Waals surface area contributed by atoms with Gasteiger partial charge in [0.05, 0.1) is 22.0 Å². The zero-order valence-electron chi connectivity index (χ0n) is 16.3. The van der Waals surface area contributed by atoms with Crippen LogP contribution in [-0.4, -0.2) is 33.8 Å². The van der Waals surface area contributed by atoms with Crippen LogP contribution in [0.3, 0.4) is 0 Å². The number of nitrogens with zero attached hydrogens (tertiary/aromatic N) is 4. The highest BCUT2D eigenvalue weighted by molar-refractivity contribution is 7.90. The van der Waals surface area contributed by atoms with Crippen LogP contribution in [0.1, 0.15) is 18.5 Å². The van der Waals surface area contributed by atoms with Gasteiger partial charge in [0.2, 0.25) is 0 Å². The van der Waals surface area contributed by atoms with Crippen molar-refractivity contribution in [1.82, 2.24) is 19.1 Å². The van der Waals surface area contributed by atoms with Gasteiger partial charge >= 0.3 is 5.69 Å². The third kappa shape index (κ3) is 3.22. The molecule has 0 spiro atoms. The molecule has 0 aliphatic rings. The third-order valence-corrected chi connectivity index (χ3v) is 6.07. The molecule has 0 aliphatic heterocycles. The first-order chi connectivity index (χ1) is 14.3. The number of hydrogen-bond acceptors (Lipinski definition) is 6. The topological polar surface area (TPSA) is 104 Å². The summed E-state index contributed by atoms with van der Waals surface area (Å²) < 4.78 is 27.0. The largest absolute Gasteiger partial charge is 0.337 e. The molecule has 4 rings (SSSR count). The number of aromatic nitrogens is 4. The van der Waals surface area contributed by atoms with Crippen molar-refractivity contribution in [1.29, 1.82) is 0 Å². The van der Waals surface area contributed by atoms with Crippen LogP contribution in [0.2, 0.25) is 0 Å². The second-order valence-corrected chi connectivity index (χ2v) is 8.85. The zero-order valence-corrected chi connectivity index (χ0v) is 17.1. The van der Waals surface area contributed by atoms with Crippen LogP contribution >= 0.6 is 0 Å². The van der Waals surface area contributed by atoms with Crippen LogP contribution in [-0.2, 0) is 9.84 Å². The lowest BCUT2D eigenvalue weighted by molar-refractivity contribution is 0.569. The highest BCUT2D eigenvalue weighted by atomic mass is 32.2. The van der Waals surface area contributed by atoms with Gasteiger partial charge in [-0.2, -0.15) is 0 Å². The molecule has 30 heavy (non-hydrogen) atoms. The molecule has 152 valence electrons. The zero-order chi connectivity index (χ0) is 21.5. The van der Waals surface area contributed by atoms with Gasteiger partial charge in [0, 0.05) is 24.8 Å². The predicted molar refractivity (Wildman–Crippen MR) is 113 cm³/mol. The minimum absolute atomic E-state index is 0.0270. The Morgan fingerprint density at radius 2 is 1.63 bits per heavy atom. The summed E-state index contributed by atoms with van der Waals surface area (Å²) in [6, 6.07) is 12.2. The molecule has 8 nitrogen and oxygen atoms in total. The van der Waals surface area contributed by atoms with E-state index in [1.165, 1.54) is 22.9 Å². The van der Waals surface area contributed by atoms with E-state index in [9.17, 15) is 18.0 Å². The lowest BCUT2D eigenvalue weighted by Gasteiger charge is -2.19. The minimum Gasteiger partial charge on any atom is -0.268 e. The number of benzene rings is 1. The maximum absolute atomic E-state index is 13.6. The molecular weight excluding hydrogens is 404 g/mol. The van der Waals surface area contributed by atoms with Gasteiger partial charge < -0.3 is 0 Å². The van der Waals surface area contributed by atoms with Crippen molar-refractivity contribution in [3.05, 3.63) is 93.5 Å². The number of rotatable bonds is 4. The van der Waals surface area contributed by atoms with Gasteiger partial charge in [-0.1, -0.05) is 12.1 Å². The second kappa shape index (κ2) is 7.34. The van der Waals surface area contributed by atoms with Crippen molar-refractivity contribution in [3.63, 3.8) is 0 Å². The predicted octanol–water partition coefficient (Wildman–Crippen LogP) is 1.96. The van der Waals surface area contributed by atoms with Crippen molar-refractivity contribution in [2.24, 2.45) is 0 Å². The van der Waals surface area contributed by atoms with E-state index in [1.807, 2.05) is 0 Å². The molecule has 0 N–H and O–H groups in total. The van der Waals surface area contributed by atoms with E-state index in [2.05, 4.69) is 9.97 Å². The number of fused-ring (bicyclic) bond motifs is 1. The summed E-state index contributed by atoms with van der Waals surface area (Å²) in [6.45, 7) is 1.73. The molecule has 0 aliphatic carbocycles. The number of pyridine rings is 2. The van der Waals surface area contributed by atoms with Gasteiger partial charge in [0.25, 0.3) is 5.56 Å². The van der Waals surface area contributed by atoms with E-state index < -0.39 is 27.1 Å². The van der Waals surface area contributed by atoms with E-state index in [4.69, 9.17) is 0 Å². The molecule has 4 aromatic rings. The summed E-state index contributed by atoms with van der Waals surface area (Å²) in [7, 11) is -3.65. The molecular formula is C21H18N4O4S. The summed E-state index contributed by atoms with van der Waals surface area (Å²) in [4.78, 5) is 34.9.